The number of aliphatic hydroxyl groups is 2. The van der Waals surface area contributed by atoms with Gasteiger partial charge in [-0.3, -0.25) is 4.79 Å². The molecule has 6 rings (SSSR count). The molecule has 0 amide bonds. The second-order valence-electron chi connectivity index (χ2n) is 12.1. The molecule has 2 aliphatic heterocycles. The Morgan fingerprint density at radius 1 is 1.15 bits per heavy atom. The summed E-state index contributed by atoms with van der Waals surface area (Å²) in [4.78, 5) is 25.4. The van der Waals surface area contributed by atoms with Crippen molar-refractivity contribution in [3.63, 3.8) is 0 Å². The van der Waals surface area contributed by atoms with Crippen LogP contribution in [0.2, 0.25) is 0 Å². The Morgan fingerprint density at radius 2 is 1.91 bits per heavy atom. The summed E-state index contributed by atoms with van der Waals surface area (Å²) in [6.45, 7) is 8.51. The lowest BCUT2D eigenvalue weighted by Crippen LogP contribution is -2.69. The minimum absolute atomic E-state index is 0.0779. The molecule has 0 aromatic heterocycles. The third-order valence-corrected chi connectivity index (χ3v) is 11.1. The molecule has 4 aliphatic carbocycles. The van der Waals surface area contributed by atoms with Gasteiger partial charge < -0.3 is 19.7 Å². The number of aliphatic hydroxyl groups excluding tert-OH is 1. The van der Waals surface area contributed by atoms with Gasteiger partial charge in [-0.1, -0.05) is 19.4 Å². The van der Waals surface area contributed by atoms with Crippen molar-refractivity contribution in [3.8, 4) is 0 Å². The van der Waals surface area contributed by atoms with Crippen LogP contribution < -0.4 is 0 Å². The number of cyclic esters (lactones) is 1. The highest BCUT2D eigenvalue weighted by atomic mass is 16.6. The number of fused-ring (bicyclic) bond motifs is 4. The summed E-state index contributed by atoms with van der Waals surface area (Å²) in [6.07, 6.45) is 6.98. The molecule has 1 saturated heterocycles. The zero-order valence-corrected chi connectivity index (χ0v) is 20.0. The minimum Gasteiger partial charge on any atom is -0.458 e. The SMILES string of the molecule is CC1=C(C)C(=O)O[C@@H]([C@@H](C)C2CC[C@H]3[C@@H]4C[C@H]5O[C@]56[C@@H](O)C=CC(=O)C6(O)[C@H]4CC[C@]23C)C1. The molecule has 180 valence electrons. The molecule has 33 heavy (non-hydrogen) atoms. The van der Waals surface area contributed by atoms with Crippen LogP contribution in [0, 0.1) is 35.0 Å². The molecule has 4 fully saturated rings. The highest BCUT2D eigenvalue weighted by molar-refractivity contribution is 6.00. The molecule has 2 heterocycles. The Morgan fingerprint density at radius 3 is 2.64 bits per heavy atom. The van der Waals surface area contributed by atoms with Crippen LogP contribution in [0.5, 0.6) is 0 Å². The van der Waals surface area contributed by atoms with Crippen molar-refractivity contribution in [1.29, 1.82) is 0 Å². The molecule has 0 aromatic rings. The highest BCUT2D eigenvalue weighted by Crippen LogP contribution is 2.70. The van der Waals surface area contributed by atoms with E-state index >= 15 is 0 Å². The third kappa shape index (κ3) is 2.55. The molecule has 0 aromatic carbocycles. The summed E-state index contributed by atoms with van der Waals surface area (Å²) in [6, 6.07) is 0. The molecular formula is C27H36O6. The van der Waals surface area contributed by atoms with Crippen molar-refractivity contribution in [2.24, 2.45) is 35.0 Å². The Kier molecular flexibility index (Phi) is 4.53. The van der Waals surface area contributed by atoms with Gasteiger partial charge >= 0.3 is 5.97 Å². The fourth-order valence-electron chi connectivity index (χ4n) is 9.09. The summed E-state index contributed by atoms with van der Waals surface area (Å²) in [5, 5.41) is 22.5. The Labute approximate surface area is 195 Å². The Balaban J connectivity index is 1.28. The van der Waals surface area contributed by atoms with Gasteiger partial charge in [0, 0.05) is 17.9 Å². The zero-order valence-electron chi connectivity index (χ0n) is 20.0. The van der Waals surface area contributed by atoms with Crippen LogP contribution in [-0.2, 0) is 19.1 Å². The van der Waals surface area contributed by atoms with E-state index in [1.165, 1.54) is 12.2 Å². The van der Waals surface area contributed by atoms with Crippen LogP contribution in [0.15, 0.2) is 23.3 Å². The second-order valence-corrected chi connectivity index (χ2v) is 12.1. The maximum absolute atomic E-state index is 13.0. The molecule has 1 spiro atoms. The van der Waals surface area contributed by atoms with E-state index in [1.54, 1.807) is 0 Å². The summed E-state index contributed by atoms with van der Waals surface area (Å²) in [5.74, 6) is 0.613. The Hall–Kier alpha value is -1.50. The predicted octanol–water partition coefficient (Wildman–Crippen LogP) is 3.11. The van der Waals surface area contributed by atoms with Crippen molar-refractivity contribution in [2.75, 3.05) is 0 Å². The van der Waals surface area contributed by atoms with Crippen LogP contribution in [0.25, 0.3) is 0 Å². The van der Waals surface area contributed by atoms with Crippen LogP contribution in [-0.4, -0.2) is 51.5 Å². The third-order valence-electron chi connectivity index (χ3n) is 11.1. The lowest BCUT2D eigenvalue weighted by molar-refractivity contribution is -0.183. The van der Waals surface area contributed by atoms with Crippen LogP contribution in [0.1, 0.15) is 66.2 Å². The van der Waals surface area contributed by atoms with Gasteiger partial charge in [-0.2, -0.15) is 0 Å². The van der Waals surface area contributed by atoms with Gasteiger partial charge in [0.05, 0.1) is 6.10 Å². The smallest absolute Gasteiger partial charge is 0.333 e. The van der Waals surface area contributed by atoms with Crippen LogP contribution in [0.3, 0.4) is 0 Å². The molecule has 6 heteroatoms. The maximum atomic E-state index is 13.0. The molecule has 0 bridgehead atoms. The van der Waals surface area contributed by atoms with E-state index in [0.29, 0.717) is 11.8 Å². The normalized spacial score (nSPS) is 53.6. The van der Waals surface area contributed by atoms with E-state index in [2.05, 4.69) is 13.8 Å². The van der Waals surface area contributed by atoms with Gasteiger partial charge in [0.2, 0.25) is 0 Å². The van der Waals surface area contributed by atoms with Gasteiger partial charge in [0.1, 0.15) is 12.2 Å². The summed E-state index contributed by atoms with van der Waals surface area (Å²) in [5.41, 5.74) is -0.819. The average Bonchev–Trinajstić information content (AvgIpc) is 3.41. The molecule has 3 saturated carbocycles. The maximum Gasteiger partial charge on any atom is 0.333 e. The molecule has 6 aliphatic rings. The van der Waals surface area contributed by atoms with Gasteiger partial charge in [0.25, 0.3) is 0 Å². The topological polar surface area (TPSA) is 96.4 Å². The van der Waals surface area contributed by atoms with Crippen LogP contribution in [0.4, 0.5) is 0 Å². The number of hydrogen-bond acceptors (Lipinski definition) is 6. The van der Waals surface area contributed by atoms with Gasteiger partial charge in [-0.15, -0.1) is 0 Å². The number of carbonyl (C=O) groups excluding carboxylic acids is 2. The summed E-state index contributed by atoms with van der Waals surface area (Å²) in [7, 11) is 0. The number of ether oxygens (including phenoxy) is 2. The first kappa shape index (κ1) is 22.0. The largest absolute Gasteiger partial charge is 0.458 e. The highest BCUT2D eigenvalue weighted by Gasteiger charge is 2.82. The van der Waals surface area contributed by atoms with Gasteiger partial charge in [0.15, 0.2) is 17.0 Å². The lowest BCUT2D eigenvalue weighted by Gasteiger charge is -2.57. The molecule has 2 unspecified atom stereocenters. The zero-order chi connectivity index (χ0) is 23.5. The first-order valence-electron chi connectivity index (χ1n) is 12.7. The van der Waals surface area contributed by atoms with Crippen molar-refractivity contribution < 1.29 is 29.3 Å². The van der Waals surface area contributed by atoms with Crippen molar-refractivity contribution in [1.82, 2.24) is 0 Å². The van der Waals surface area contributed by atoms with E-state index < -0.39 is 17.3 Å². The molecular weight excluding hydrogens is 420 g/mol. The van der Waals surface area contributed by atoms with Crippen molar-refractivity contribution in [3.05, 3.63) is 23.3 Å². The molecule has 0 radical (unpaired) electrons. The van der Waals surface area contributed by atoms with Crippen molar-refractivity contribution in [2.45, 2.75) is 95.7 Å². The minimum atomic E-state index is -1.63. The summed E-state index contributed by atoms with van der Waals surface area (Å²) >= 11 is 0. The average molecular weight is 457 g/mol. The van der Waals surface area contributed by atoms with E-state index in [1.807, 2.05) is 13.8 Å². The molecule has 11 atom stereocenters. The van der Waals surface area contributed by atoms with E-state index in [9.17, 15) is 19.8 Å². The Bertz CT molecular complexity index is 983. The number of esters is 1. The van der Waals surface area contributed by atoms with E-state index in [0.717, 1.165) is 49.7 Å². The van der Waals surface area contributed by atoms with Crippen LogP contribution >= 0.6 is 0 Å². The fourth-order valence-corrected chi connectivity index (χ4v) is 9.09. The monoisotopic (exact) mass is 456 g/mol. The number of rotatable bonds is 2. The van der Waals surface area contributed by atoms with E-state index in [-0.39, 0.29) is 47.1 Å². The number of carbonyl (C=O) groups is 2. The second kappa shape index (κ2) is 6.79. The predicted molar refractivity (Wildman–Crippen MR) is 120 cm³/mol. The van der Waals surface area contributed by atoms with Gasteiger partial charge in [-0.25, -0.2) is 4.79 Å². The molecule has 6 nitrogen and oxygen atoms in total. The lowest BCUT2D eigenvalue weighted by atomic mass is 9.47. The van der Waals surface area contributed by atoms with E-state index in [4.69, 9.17) is 9.47 Å². The standard InChI is InChI=1S/C27H36O6/c1-13-11-20(32-24(30)14(13)2)15(3)17-5-6-18-16-12-23-27(33-23)22(29)8-7-21(28)26(27,31)19(16)9-10-25(17,18)4/h7-8,15-20,22-23,29,31H,5-6,9-12H2,1-4H3/t15-,16-,17?,18-,19-,20+,22-,23+,25+,26?,27+/m0/s1. The number of hydrogen-bond donors (Lipinski definition) is 2. The molecule has 2 N–H and O–H groups in total. The number of epoxide rings is 1. The first-order chi connectivity index (χ1) is 15.6. The fraction of sp³-hybridized carbons (Fsp3) is 0.778. The number of ketones is 1. The first-order valence-corrected chi connectivity index (χ1v) is 12.7. The van der Waals surface area contributed by atoms with Gasteiger partial charge in [-0.05, 0) is 87.2 Å². The quantitative estimate of drug-likeness (QED) is 0.490. The summed E-state index contributed by atoms with van der Waals surface area (Å²) < 4.78 is 11.9. The van der Waals surface area contributed by atoms with Crippen molar-refractivity contribution >= 4 is 11.8 Å².